The molecule has 0 bridgehead atoms. The van der Waals surface area contributed by atoms with Gasteiger partial charge in [0, 0.05) is 12.6 Å². The topological polar surface area (TPSA) is 37.8 Å². The Morgan fingerprint density at radius 2 is 2.29 bits per heavy atom. The maximum absolute atomic E-state index is 6.00. The number of aromatic nitrogens is 2. The molecule has 0 unspecified atom stereocenters. The van der Waals surface area contributed by atoms with Crippen molar-refractivity contribution >= 4 is 28.8 Å². The highest BCUT2D eigenvalue weighted by molar-refractivity contribution is 7.15. The van der Waals surface area contributed by atoms with Gasteiger partial charge in [0.15, 0.2) is 0 Å². The van der Waals surface area contributed by atoms with Crippen LogP contribution in [0.4, 0.5) is 5.82 Å². The molecule has 0 saturated carbocycles. The molecular weight excluding hydrogens is 218 g/mol. The van der Waals surface area contributed by atoms with Crippen LogP contribution in [0.5, 0.6) is 0 Å². The van der Waals surface area contributed by atoms with E-state index >= 15 is 0 Å². The summed E-state index contributed by atoms with van der Waals surface area (Å²) in [5.41, 5.74) is 1.73. The normalized spacial score (nSPS) is 10.1. The van der Waals surface area contributed by atoms with Gasteiger partial charge in [0.25, 0.3) is 0 Å². The lowest BCUT2D eigenvalue weighted by Gasteiger charge is -2.01. The zero-order chi connectivity index (χ0) is 9.97. The first kappa shape index (κ1) is 9.43. The Balaban J connectivity index is 2.47. The second kappa shape index (κ2) is 3.94. The molecule has 3 nitrogen and oxygen atoms in total. The molecule has 0 aliphatic carbocycles. The molecule has 1 N–H and O–H groups in total. The molecule has 2 rings (SSSR count). The van der Waals surface area contributed by atoms with Crippen LogP contribution in [0.3, 0.4) is 0 Å². The van der Waals surface area contributed by atoms with Crippen molar-refractivity contribution in [3.8, 4) is 11.3 Å². The van der Waals surface area contributed by atoms with Gasteiger partial charge in [-0.15, -0.1) is 11.3 Å². The summed E-state index contributed by atoms with van der Waals surface area (Å²) < 4.78 is 0.743. The molecule has 0 spiro atoms. The van der Waals surface area contributed by atoms with Crippen molar-refractivity contribution < 1.29 is 0 Å². The smallest absolute Gasteiger partial charge is 0.144 e. The summed E-state index contributed by atoms with van der Waals surface area (Å²) in [5.74, 6) is 0.741. The third-order valence-corrected chi connectivity index (χ3v) is 2.95. The number of hydrogen-bond donors (Lipinski definition) is 1. The molecule has 14 heavy (non-hydrogen) atoms. The summed E-state index contributed by atoms with van der Waals surface area (Å²) in [5, 5.41) is 4.87. The van der Waals surface area contributed by atoms with Crippen LogP contribution >= 0.6 is 22.9 Å². The van der Waals surface area contributed by atoms with Gasteiger partial charge in [0.05, 0.1) is 18.1 Å². The molecule has 2 aromatic heterocycles. The van der Waals surface area contributed by atoms with E-state index in [1.807, 2.05) is 18.5 Å². The van der Waals surface area contributed by atoms with Crippen molar-refractivity contribution in [3.63, 3.8) is 0 Å². The van der Waals surface area contributed by atoms with Crippen LogP contribution in [0.1, 0.15) is 0 Å². The van der Waals surface area contributed by atoms with E-state index in [1.54, 1.807) is 12.4 Å². The molecule has 72 valence electrons. The number of rotatable bonds is 2. The van der Waals surface area contributed by atoms with Gasteiger partial charge in [-0.3, -0.25) is 4.98 Å². The lowest BCUT2D eigenvalue weighted by atomic mass is 10.2. The lowest BCUT2D eigenvalue weighted by Crippen LogP contribution is -1.94. The summed E-state index contributed by atoms with van der Waals surface area (Å²) in [6, 6.07) is 1.94. The predicted molar refractivity (Wildman–Crippen MR) is 59.9 cm³/mol. The molecule has 0 aliphatic heterocycles. The van der Waals surface area contributed by atoms with Crippen LogP contribution in [-0.2, 0) is 0 Å². The molecule has 0 fully saturated rings. The Kier molecular flexibility index (Phi) is 2.65. The van der Waals surface area contributed by atoms with Gasteiger partial charge in [-0.05, 0) is 11.4 Å². The molecule has 2 heterocycles. The fourth-order valence-corrected chi connectivity index (χ4v) is 2.03. The van der Waals surface area contributed by atoms with Gasteiger partial charge in [-0.2, -0.15) is 0 Å². The van der Waals surface area contributed by atoms with Crippen molar-refractivity contribution in [2.45, 2.75) is 0 Å². The molecule has 0 amide bonds. The summed E-state index contributed by atoms with van der Waals surface area (Å²) in [4.78, 5) is 8.42. The average Bonchev–Trinajstić information content (AvgIpc) is 2.65. The number of hydrogen-bond acceptors (Lipinski definition) is 4. The van der Waals surface area contributed by atoms with Crippen molar-refractivity contribution in [3.05, 3.63) is 28.2 Å². The van der Waals surface area contributed by atoms with Crippen LogP contribution in [-0.4, -0.2) is 17.0 Å². The Hall–Kier alpha value is -1.13. The zero-order valence-electron chi connectivity index (χ0n) is 7.49. The van der Waals surface area contributed by atoms with E-state index < -0.39 is 0 Å². The van der Waals surface area contributed by atoms with Crippen molar-refractivity contribution in [1.29, 1.82) is 0 Å². The van der Waals surface area contributed by atoms with Crippen molar-refractivity contribution in [2.75, 3.05) is 12.4 Å². The summed E-state index contributed by atoms with van der Waals surface area (Å²) >= 11 is 7.49. The SMILES string of the molecule is CNc1cncc(-c2ccsc2Cl)n1. The van der Waals surface area contributed by atoms with E-state index in [-0.39, 0.29) is 0 Å². The maximum Gasteiger partial charge on any atom is 0.144 e. The maximum atomic E-state index is 6.00. The second-order valence-corrected chi connectivity index (χ2v) is 4.17. The van der Waals surface area contributed by atoms with Gasteiger partial charge in [-0.25, -0.2) is 4.98 Å². The number of nitrogens with one attached hydrogen (secondary N) is 1. The molecule has 0 aromatic carbocycles. The quantitative estimate of drug-likeness (QED) is 0.854. The highest BCUT2D eigenvalue weighted by Crippen LogP contribution is 2.31. The van der Waals surface area contributed by atoms with Crippen LogP contribution < -0.4 is 5.32 Å². The Morgan fingerprint density at radius 1 is 1.43 bits per heavy atom. The van der Waals surface area contributed by atoms with Crippen LogP contribution in [0.25, 0.3) is 11.3 Å². The number of halogens is 1. The fraction of sp³-hybridized carbons (Fsp3) is 0.111. The van der Waals surface area contributed by atoms with Crippen LogP contribution in [0.15, 0.2) is 23.8 Å². The molecule has 0 radical (unpaired) electrons. The first-order valence-electron chi connectivity index (χ1n) is 4.04. The standard InChI is InChI=1S/C9H8ClN3S/c1-11-8-5-12-4-7(13-8)6-2-3-14-9(6)10/h2-5H,1H3,(H,11,13). The van der Waals surface area contributed by atoms with E-state index in [0.717, 1.165) is 21.4 Å². The summed E-state index contributed by atoms with van der Waals surface area (Å²) in [6.07, 6.45) is 3.37. The van der Waals surface area contributed by atoms with Crippen LogP contribution in [0, 0.1) is 0 Å². The minimum atomic E-state index is 0.741. The first-order valence-corrected chi connectivity index (χ1v) is 5.30. The van der Waals surface area contributed by atoms with Gasteiger partial charge in [0.2, 0.25) is 0 Å². The monoisotopic (exact) mass is 225 g/mol. The summed E-state index contributed by atoms with van der Waals surface area (Å²) in [6.45, 7) is 0. The highest BCUT2D eigenvalue weighted by atomic mass is 35.5. The van der Waals surface area contributed by atoms with Gasteiger partial charge in [-0.1, -0.05) is 11.6 Å². The minimum absolute atomic E-state index is 0.741. The fourth-order valence-electron chi connectivity index (χ4n) is 1.09. The molecular formula is C9H8ClN3S. The third kappa shape index (κ3) is 1.71. The molecule has 5 heteroatoms. The number of thiophene rings is 1. The van der Waals surface area contributed by atoms with Gasteiger partial charge < -0.3 is 5.32 Å². The number of anilines is 1. The number of nitrogens with zero attached hydrogens (tertiary/aromatic N) is 2. The van der Waals surface area contributed by atoms with Crippen molar-refractivity contribution in [1.82, 2.24) is 9.97 Å². The van der Waals surface area contributed by atoms with Crippen molar-refractivity contribution in [2.24, 2.45) is 0 Å². The highest BCUT2D eigenvalue weighted by Gasteiger charge is 2.06. The third-order valence-electron chi connectivity index (χ3n) is 1.78. The average molecular weight is 226 g/mol. The largest absolute Gasteiger partial charge is 0.372 e. The second-order valence-electron chi connectivity index (χ2n) is 2.65. The molecule has 0 atom stereocenters. The van der Waals surface area contributed by atoms with E-state index in [4.69, 9.17) is 11.6 Å². The Bertz CT molecular complexity index is 441. The minimum Gasteiger partial charge on any atom is -0.372 e. The van der Waals surface area contributed by atoms with E-state index in [1.165, 1.54) is 11.3 Å². The van der Waals surface area contributed by atoms with Gasteiger partial charge in [0.1, 0.15) is 10.2 Å². The van der Waals surface area contributed by atoms with Gasteiger partial charge >= 0.3 is 0 Å². The van der Waals surface area contributed by atoms with E-state index in [2.05, 4.69) is 15.3 Å². The molecule has 0 saturated heterocycles. The van der Waals surface area contributed by atoms with Crippen LogP contribution in [0.2, 0.25) is 4.34 Å². The Morgan fingerprint density at radius 3 is 2.93 bits per heavy atom. The molecule has 2 aromatic rings. The first-order chi connectivity index (χ1) is 6.81. The lowest BCUT2D eigenvalue weighted by molar-refractivity contribution is 1.19. The summed E-state index contributed by atoms with van der Waals surface area (Å²) in [7, 11) is 1.81. The Labute approximate surface area is 90.8 Å². The molecule has 0 aliphatic rings. The van der Waals surface area contributed by atoms with E-state index in [9.17, 15) is 0 Å². The zero-order valence-corrected chi connectivity index (χ0v) is 9.06. The van der Waals surface area contributed by atoms with E-state index in [0.29, 0.717) is 0 Å². The predicted octanol–water partition coefficient (Wildman–Crippen LogP) is 2.90.